The summed E-state index contributed by atoms with van der Waals surface area (Å²) in [5, 5.41) is 6.66. The first-order chi connectivity index (χ1) is 8.78. The number of hydrogen-bond donors (Lipinski definition) is 1. The summed E-state index contributed by atoms with van der Waals surface area (Å²) in [7, 11) is 0. The van der Waals surface area contributed by atoms with Crippen LogP contribution in [0.1, 0.15) is 30.7 Å². The van der Waals surface area contributed by atoms with Crippen molar-refractivity contribution in [1.82, 2.24) is 14.7 Å². The highest BCUT2D eigenvalue weighted by Crippen LogP contribution is 2.28. The van der Waals surface area contributed by atoms with Crippen molar-refractivity contribution < 1.29 is 0 Å². The molecule has 5 heteroatoms. The van der Waals surface area contributed by atoms with Crippen LogP contribution >= 0.6 is 23.1 Å². The SMILES string of the molecule is CSC1CCC(NCc2c(C)nc3sccn23)C1. The molecular weight excluding hydrogens is 262 g/mol. The predicted molar refractivity (Wildman–Crippen MR) is 79.6 cm³/mol. The highest BCUT2D eigenvalue weighted by Gasteiger charge is 2.23. The molecule has 0 bridgehead atoms. The predicted octanol–water partition coefficient (Wildman–Crippen LogP) is 3.08. The molecule has 0 radical (unpaired) electrons. The third-order valence-electron chi connectivity index (χ3n) is 3.84. The van der Waals surface area contributed by atoms with E-state index in [1.54, 1.807) is 11.3 Å². The molecule has 1 aliphatic carbocycles. The number of hydrogen-bond acceptors (Lipinski definition) is 4. The topological polar surface area (TPSA) is 29.3 Å². The van der Waals surface area contributed by atoms with Crippen molar-refractivity contribution in [2.24, 2.45) is 0 Å². The lowest BCUT2D eigenvalue weighted by Crippen LogP contribution is -2.27. The third kappa shape index (κ3) is 2.31. The van der Waals surface area contributed by atoms with Crippen molar-refractivity contribution in [2.45, 2.75) is 44.0 Å². The number of imidazole rings is 1. The minimum Gasteiger partial charge on any atom is -0.308 e. The van der Waals surface area contributed by atoms with Gasteiger partial charge in [-0.25, -0.2) is 4.98 Å². The second kappa shape index (κ2) is 5.23. The standard InChI is InChI=1S/C13H19N3S2/c1-9-12(16-5-6-18-13(16)15-9)8-14-10-3-4-11(7-10)17-2/h5-6,10-11,14H,3-4,7-8H2,1-2H3. The summed E-state index contributed by atoms with van der Waals surface area (Å²) in [4.78, 5) is 5.70. The van der Waals surface area contributed by atoms with E-state index in [2.05, 4.69) is 39.5 Å². The second-order valence-corrected chi connectivity index (χ2v) is 6.96. The quantitative estimate of drug-likeness (QED) is 0.934. The molecule has 3 nitrogen and oxygen atoms in total. The number of thioether (sulfide) groups is 1. The van der Waals surface area contributed by atoms with Crippen LogP contribution in [0.5, 0.6) is 0 Å². The molecule has 1 aliphatic rings. The van der Waals surface area contributed by atoms with Gasteiger partial charge in [0, 0.05) is 29.4 Å². The lowest BCUT2D eigenvalue weighted by Gasteiger charge is -2.12. The van der Waals surface area contributed by atoms with Gasteiger partial charge < -0.3 is 5.32 Å². The fraction of sp³-hybridized carbons (Fsp3) is 0.615. The van der Waals surface area contributed by atoms with E-state index >= 15 is 0 Å². The van der Waals surface area contributed by atoms with E-state index in [-0.39, 0.29) is 0 Å². The largest absolute Gasteiger partial charge is 0.308 e. The first kappa shape index (κ1) is 12.5. The molecule has 1 saturated carbocycles. The summed E-state index contributed by atoms with van der Waals surface area (Å²) in [6.45, 7) is 3.05. The van der Waals surface area contributed by atoms with Crippen LogP contribution in [0.3, 0.4) is 0 Å². The molecule has 0 aliphatic heterocycles. The van der Waals surface area contributed by atoms with Crippen molar-refractivity contribution in [3.05, 3.63) is 23.0 Å². The van der Waals surface area contributed by atoms with E-state index in [4.69, 9.17) is 0 Å². The molecule has 3 rings (SSSR count). The Morgan fingerprint density at radius 2 is 2.44 bits per heavy atom. The molecule has 0 amide bonds. The van der Waals surface area contributed by atoms with Crippen molar-refractivity contribution in [1.29, 1.82) is 0 Å². The Labute approximate surface area is 116 Å². The van der Waals surface area contributed by atoms with E-state index in [0.717, 1.165) is 22.4 Å². The van der Waals surface area contributed by atoms with Gasteiger partial charge in [-0.2, -0.15) is 11.8 Å². The van der Waals surface area contributed by atoms with Gasteiger partial charge in [-0.1, -0.05) is 0 Å². The van der Waals surface area contributed by atoms with Crippen LogP contribution in [0.2, 0.25) is 0 Å². The molecule has 0 saturated heterocycles. The highest BCUT2D eigenvalue weighted by atomic mass is 32.2. The zero-order valence-electron chi connectivity index (χ0n) is 10.8. The van der Waals surface area contributed by atoms with E-state index in [1.165, 1.54) is 25.0 Å². The normalized spacial score (nSPS) is 24.1. The van der Waals surface area contributed by atoms with Crippen LogP contribution in [0.15, 0.2) is 11.6 Å². The van der Waals surface area contributed by atoms with Gasteiger partial charge in [0.1, 0.15) is 0 Å². The zero-order valence-corrected chi connectivity index (χ0v) is 12.5. The molecule has 0 spiro atoms. The van der Waals surface area contributed by atoms with Crippen LogP contribution in [0, 0.1) is 6.92 Å². The smallest absolute Gasteiger partial charge is 0.194 e. The summed E-state index contributed by atoms with van der Waals surface area (Å²) in [5.41, 5.74) is 2.48. The van der Waals surface area contributed by atoms with Gasteiger partial charge in [0.05, 0.1) is 11.4 Å². The van der Waals surface area contributed by atoms with Gasteiger partial charge in [-0.05, 0) is 32.4 Å². The summed E-state index contributed by atoms with van der Waals surface area (Å²) in [5.74, 6) is 0. The molecule has 2 atom stereocenters. The molecule has 2 heterocycles. The summed E-state index contributed by atoms with van der Waals surface area (Å²) in [6.07, 6.45) is 8.33. The molecule has 2 aromatic rings. The monoisotopic (exact) mass is 281 g/mol. The van der Waals surface area contributed by atoms with E-state index in [0.29, 0.717) is 6.04 Å². The molecule has 2 unspecified atom stereocenters. The Balaban J connectivity index is 1.66. The third-order valence-corrected chi connectivity index (χ3v) is 5.69. The number of nitrogens with zero attached hydrogens (tertiary/aromatic N) is 2. The van der Waals surface area contributed by atoms with E-state index < -0.39 is 0 Å². The van der Waals surface area contributed by atoms with Crippen LogP contribution < -0.4 is 5.32 Å². The van der Waals surface area contributed by atoms with Crippen molar-refractivity contribution in [3.63, 3.8) is 0 Å². The number of rotatable bonds is 4. The first-order valence-corrected chi connectivity index (χ1v) is 8.62. The van der Waals surface area contributed by atoms with E-state index in [9.17, 15) is 0 Å². The van der Waals surface area contributed by atoms with Gasteiger partial charge in [0.15, 0.2) is 4.96 Å². The van der Waals surface area contributed by atoms with Crippen LogP contribution in [0.25, 0.3) is 4.96 Å². The average molecular weight is 281 g/mol. The maximum Gasteiger partial charge on any atom is 0.194 e. The lowest BCUT2D eigenvalue weighted by atomic mass is 10.2. The van der Waals surface area contributed by atoms with Gasteiger partial charge in [0.25, 0.3) is 0 Å². The number of nitrogens with one attached hydrogen (secondary N) is 1. The first-order valence-electron chi connectivity index (χ1n) is 6.45. The second-order valence-electron chi connectivity index (χ2n) is 4.95. The number of fused-ring (bicyclic) bond motifs is 1. The van der Waals surface area contributed by atoms with E-state index in [1.807, 2.05) is 11.8 Å². The molecule has 2 aromatic heterocycles. The van der Waals surface area contributed by atoms with Crippen LogP contribution in [0.4, 0.5) is 0 Å². The Hall–Kier alpha value is -0.520. The van der Waals surface area contributed by atoms with Gasteiger partial charge in [0.2, 0.25) is 0 Å². The number of aryl methyl sites for hydroxylation is 1. The van der Waals surface area contributed by atoms with Crippen LogP contribution in [-0.4, -0.2) is 26.9 Å². The summed E-state index contributed by atoms with van der Waals surface area (Å²) < 4.78 is 2.22. The molecular formula is C13H19N3S2. The summed E-state index contributed by atoms with van der Waals surface area (Å²) in [6, 6.07) is 0.686. The Morgan fingerprint density at radius 1 is 1.56 bits per heavy atom. The zero-order chi connectivity index (χ0) is 12.5. The molecule has 1 N–H and O–H groups in total. The van der Waals surface area contributed by atoms with Gasteiger partial charge >= 0.3 is 0 Å². The molecule has 0 aromatic carbocycles. The number of aromatic nitrogens is 2. The minimum atomic E-state index is 0.686. The minimum absolute atomic E-state index is 0.686. The van der Waals surface area contributed by atoms with Gasteiger partial charge in [-0.15, -0.1) is 11.3 Å². The Bertz CT molecular complexity index is 531. The maximum atomic E-state index is 4.59. The molecule has 1 fully saturated rings. The van der Waals surface area contributed by atoms with Crippen molar-refractivity contribution in [2.75, 3.05) is 6.26 Å². The molecule has 98 valence electrons. The van der Waals surface area contributed by atoms with Gasteiger partial charge in [-0.3, -0.25) is 4.40 Å². The van der Waals surface area contributed by atoms with Crippen LogP contribution in [-0.2, 0) is 6.54 Å². The fourth-order valence-corrected chi connectivity index (χ4v) is 4.31. The van der Waals surface area contributed by atoms with Crippen molar-refractivity contribution >= 4 is 28.1 Å². The van der Waals surface area contributed by atoms with Crippen molar-refractivity contribution in [3.8, 4) is 0 Å². The number of thiazole rings is 1. The Kier molecular flexibility index (Phi) is 3.63. The average Bonchev–Trinajstić information content (AvgIpc) is 3.03. The lowest BCUT2D eigenvalue weighted by molar-refractivity contribution is 0.518. The fourth-order valence-electron chi connectivity index (χ4n) is 2.73. The molecule has 18 heavy (non-hydrogen) atoms. The maximum absolute atomic E-state index is 4.59. The highest BCUT2D eigenvalue weighted by molar-refractivity contribution is 7.99. The Morgan fingerprint density at radius 3 is 3.22 bits per heavy atom. The summed E-state index contributed by atoms with van der Waals surface area (Å²) >= 11 is 3.72.